The van der Waals surface area contributed by atoms with E-state index >= 15 is 0 Å². The molecule has 3 heterocycles. The molecule has 118 valence electrons. The van der Waals surface area contributed by atoms with Gasteiger partial charge in [0.25, 0.3) is 0 Å². The first-order valence-electron chi connectivity index (χ1n) is 6.88. The van der Waals surface area contributed by atoms with Gasteiger partial charge in [0, 0.05) is 26.2 Å². The fourth-order valence-corrected chi connectivity index (χ4v) is 3.91. The minimum absolute atomic E-state index is 0.251. The molecule has 1 aliphatic rings. The van der Waals surface area contributed by atoms with Crippen LogP contribution in [0.3, 0.4) is 0 Å². The van der Waals surface area contributed by atoms with Crippen molar-refractivity contribution >= 4 is 45.5 Å². The van der Waals surface area contributed by atoms with E-state index in [-0.39, 0.29) is 12.7 Å². The first-order valence-corrected chi connectivity index (χ1v) is 9.11. The second-order valence-corrected chi connectivity index (χ2v) is 6.93. The first-order chi connectivity index (χ1) is 10.8. The third-order valence-electron chi connectivity index (χ3n) is 3.26. The van der Waals surface area contributed by atoms with Crippen molar-refractivity contribution in [1.82, 2.24) is 15.1 Å². The molecular weight excluding hydrogens is 344 g/mol. The van der Waals surface area contributed by atoms with Crippen molar-refractivity contribution in [3.8, 4) is 9.88 Å². The number of hydrogen-bond donors (Lipinski definition) is 0. The number of halogens is 1. The van der Waals surface area contributed by atoms with E-state index in [1.807, 2.05) is 17.5 Å². The Balaban J connectivity index is 1.56. The van der Waals surface area contributed by atoms with Crippen LogP contribution in [0.5, 0.6) is 0 Å². The summed E-state index contributed by atoms with van der Waals surface area (Å²) in [5.74, 6) is 0.321. The van der Waals surface area contributed by atoms with Crippen molar-refractivity contribution in [3.05, 3.63) is 17.5 Å². The Morgan fingerprint density at radius 2 is 2.14 bits per heavy atom. The molecule has 1 amide bonds. The SMILES string of the molecule is O=C(OCCCl)N1CCN(c2nnc(-c3cccs3)s2)CC1. The number of carbonyl (C=O) groups excluding carboxylic acids is 1. The van der Waals surface area contributed by atoms with Gasteiger partial charge in [-0.1, -0.05) is 17.4 Å². The molecule has 2 aromatic heterocycles. The summed E-state index contributed by atoms with van der Waals surface area (Å²) in [6, 6.07) is 4.05. The van der Waals surface area contributed by atoms with Crippen LogP contribution in [0, 0.1) is 0 Å². The highest BCUT2D eigenvalue weighted by Crippen LogP contribution is 2.31. The smallest absolute Gasteiger partial charge is 0.409 e. The fourth-order valence-electron chi connectivity index (χ4n) is 2.14. The van der Waals surface area contributed by atoms with Gasteiger partial charge in [-0.25, -0.2) is 4.79 Å². The lowest BCUT2D eigenvalue weighted by Gasteiger charge is -2.33. The average Bonchev–Trinajstić information content (AvgIpc) is 3.23. The van der Waals surface area contributed by atoms with Crippen molar-refractivity contribution in [2.45, 2.75) is 0 Å². The molecule has 9 heteroatoms. The number of amides is 1. The van der Waals surface area contributed by atoms with Gasteiger partial charge in [-0.3, -0.25) is 0 Å². The van der Waals surface area contributed by atoms with Gasteiger partial charge in [0.15, 0.2) is 5.01 Å². The van der Waals surface area contributed by atoms with Gasteiger partial charge >= 0.3 is 6.09 Å². The van der Waals surface area contributed by atoms with Crippen LogP contribution in [0.4, 0.5) is 9.93 Å². The lowest BCUT2D eigenvalue weighted by Crippen LogP contribution is -2.49. The molecular formula is C13H15ClN4O2S2. The Morgan fingerprint density at radius 1 is 1.32 bits per heavy atom. The standard InChI is InChI=1S/C13H15ClN4O2S2/c14-3-8-20-13(19)18-6-4-17(5-7-18)12-16-15-11(22-12)10-2-1-9-21-10/h1-2,9H,3-8H2. The summed E-state index contributed by atoms with van der Waals surface area (Å²) in [7, 11) is 0. The van der Waals surface area contributed by atoms with E-state index < -0.39 is 0 Å². The summed E-state index contributed by atoms with van der Waals surface area (Å²) < 4.78 is 5.04. The lowest BCUT2D eigenvalue weighted by atomic mass is 10.3. The average molecular weight is 359 g/mol. The molecule has 1 aliphatic heterocycles. The van der Waals surface area contributed by atoms with E-state index in [0.717, 1.165) is 28.1 Å². The number of piperazine rings is 1. The lowest BCUT2D eigenvalue weighted by molar-refractivity contribution is 0.105. The highest BCUT2D eigenvalue weighted by atomic mass is 35.5. The third kappa shape index (κ3) is 3.50. The molecule has 0 radical (unpaired) electrons. The fraction of sp³-hybridized carbons (Fsp3) is 0.462. The topological polar surface area (TPSA) is 58.6 Å². The van der Waals surface area contributed by atoms with E-state index in [0.29, 0.717) is 19.0 Å². The van der Waals surface area contributed by atoms with E-state index in [1.54, 1.807) is 27.6 Å². The Kier molecular flexibility index (Phi) is 5.12. The third-order valence-corrected chi connectivity index (χ3v) is 5.43. The number of hydrogen-bond acceptors (Lipinski definition) is 7. The van der Waals surface area contributed by atoms with Crippen LogP contribution in [0.1, 0.15) is 0 Å². The minimum atomic E-state index is -0.295. The van der Waals surface area contributed by atoms with E-state index in [4.69, 9.17) is 16.3 Å². The second-order valence-electron chi connectivity index (χ2n) is 4.64. The number of carbonyl (C=O) groups is 1. The van der Waals surface area contributed by atoms with Crippen LogP contribution < -0.4 is 4.90 Å². The Labute approximate surface area is 141 Å². The number of rotatable bonds is 4. The zero-order valence-electron chi connectivity index (χ0n) is 11.8. The number of nitrogens with zero attached hydrogens (tertiary/aromatic N) is 4. The molecule has 3 rings (SSSR count). The molecule has 2 aromatic rings. The van der Waals surface area contributed by atoms with E-state index in [1.165, 1.54) is 0 Å². The van der Waals surface area contributed by atoms with Crippen molar-refractivity contribution in [2.24, 2.45) is 0 Å². The van der Waals surface area contributed by atoms with Crippen LogP contribution in [0.15, 0.2) is 17.5 Å². The first kappa shape index (κ1) is 15.5. The zero-order valence-corrected chi connectivity index (χ0v) is 14.2. The maximum Gasteiger partial charge on any atom is 0.409 e. The second kappa shape index (κ2) is 7.26. The van der Waals surface area contributed by atoms with Gasteiger partial charge in [-0.05, 0) is 11.4 Å². The Morgan fingerprint density at radius 3 is 2.82 bits per heavy atom. The van der Waals surface area contributed by atoms with Crippen LogP contribution in [-0.2, 0) is 4.74 Å². The van der Waals surface area contributed by atoms with Crippen molar-refractivity contribution in [3.63, 3.8) is 0 Å². The normalized spacial score (nSPS) is 15.1. The monoisotopic (exact) mass is 358 g/mol. The summed E-state index contributed by atoms with van der Waals surface area (Å²) in [4.78, 5) is 16.7. The number of thiophene rings is 1. The summed E-state index contributed by atoms with van der Waals surface area (Å²) in [5, 5.41) is 12.4. The predicted molar refractivity (Wildman–Crippen MR) is 89.1 cm³/mol. The number of aromatic nitrogens is 2. The summed E-state index contributed by atoms with van der Waals surface area (Å²) in [6.07, 6.45) is -0.295. The highest BCUT2D eigenvalue weighted by molar-refractivity contribution is 7.22. The van der Waals surface area contributed by atoms with Crippen molar-refractivity contribution in [2.75, 3.05) is 43.6 Å². The van der Waals surface area contributed by atoms with Gasteiger partial charge in [0.1, 0.15) is 6.61 Å². The molecule has 0 saturated carbocycles. The molecule has 0 N–H and O–H groups in total. The summed E-state index contributed by atoms with van der Waals surface area (Å²) in [6.45, 7) is 2.95. The quantitative estimate of drug-likeness (QED) is 0.786. The van der Waals surface area contributed by atoms with Crippen molar-refractivity contribution < 1.29 is 9.53 Å². The zero-order chi connectivity index (χ0) is 15.4. The maximum atomic E-state index is 11.8. The highest BCUT2D eigenvalue weighted by Gasteiger charge is 2.24. The van der Waals surface area contributed by atoms with E-state index in [9.17, 15) is 4.79 Å². The van der Waals surface area contributed by atoms with Gasteiger partial charge in [-0.15, -0.1) is 33.1 Å². The molecule has 0 aliphatic carbocycles. The molecule has 1 fully saturated rings. The van der Waals surface area contributed by atoms with Gasteiger partial charge in [0.05, 0.1) is 10.8 Å². The minimum Gasteiger partial charge on any atom is -0.448 e. The predicted octanol–water partition coefficient (Wildman–Crippen LogP) is 2.76. The summed E-state index contributed by atoms with van der Waals surface area (Å²) >= 11 is 8.76. The number of alkyl halides is 1. The van der Waals surface area contributed by atoms with Gasteiger partial charge in [-0.2, -0.15) is 0 Å². The molecule has 1 saturated heterocycles. The van der Waals surface area contributed by atoms with Gasteiger partial charge in [0.2, 0.25) is 5.13 Å². The van der Waals surface area contributed by atoms with Crippen LogP contribution in [-0.4, -0.2) is 59.9 Å². The van der Waals surface area contributed by atoms with E-state index in [2.05, 4.69) is 15.1 Å². The van der Waals surface area contributed by atoms with Crippen LogP contribution in [0.2, 0.25) is 0 Å². The molecule has 0 bridgehead atoms. The summed E-state index contributed by atoms with van der Waals surface area (Å²) in [5.41, 5.74) is 0. The Bertz CT molecular complexity index is 611. The largest absolute Gasteiger partial charge is 0.448 e. The van der Waals surface area contributed by atoms with Crippen molar-refractivity contribution in [1.29, 1.82) is 0 Å². The molecule has 22 heavy (non-hydrogen) atoms. The molecule has 6 nitrogen and oxygen atoms in total. The molecule has 0 aromatic carbocycles. The van der Waals surface area contributed by atoms with Gasteiger partial charge < -0.3 is 14.5 Å². The molecule has 0 unspecified atom stereocenters. The number of anilines is 1. The number of ether oxygens (including phenoxy) is 1. The van der Waals surface area contributed by atoms with Crippen LogP contribution in [0.25, 0.3) is 9.88 Å². The molecule has 0 atom stereocenters. The molecule has 0 spiro atoms. The van der Waals surface area contributed by atoms with Crippen LogP contribution >= 0.6 is 34.3 Å². The Hall–Kier alpha value is -1.38. The maximum absolute atomic E-state index is 11.8.